The van der Waals surface area contributed by atoms with Crippen LogP contribution >= 0.6 is 24.0 Å². The summed E-state index contributed by atoms with van der Waals surface area (Å²) < 4.78 is 18.8. The minimum atomic E-state index is -0.208. The van der Waals surface area contributed by atoms with E-state index >= 15 is 0 Å². The van der Waals surface area contributed by atoms with Crippen LogP contribution in [0.5, 0.6) is 0 Å². The number of halogens is 2. The maximum absolute atomic E-state index is 13.3. The fraction of sp³-hybridized carbons (Fsp3) is 0.632. The van der Waals surface area contributed by atoms with Crippen molar-refractivity contribution < 1.29 is 9.13 Å². The highest BCUT2D eigenvalue weighted by atomic mass is 127. The fourth-order valence-electron chi connectivity index (χ4n) is 2.97. The first kappa shape index (κ1) is 24.1. The van der Waals surface area contributed by atoms with Crippen molar-refractivity contribution in [3.8, 4) is 0 Å². The van der Waals surface area contributed by atoms with E-state index in [0.29, 0.717) is 6.54 Å². The SMILES string of the molecule is CCN(C)CCNC(=NC)NCC(c1ccc(F)cc1)N1CCOCC1.I. The molecule has 0 amide bonds. The molecular formula is C19H33FIN5O. The molecule has 1 aromatic rings. The van der Waals surface area contributed by atoms with Gasteiger partial charge >= 0.3 is 0 Å². The Labute approximate surface area is 179 Å². The molecule has 0 bridgehead atoms. The minimum Gasteiger partial charge on any atom is -0.379 e. The number of rotatable bonds is 8. The number of ether oxygens (including phenoxy) is 1. The number of likely N-dealkylation sites (N-methyl/N-ethyl adjacent to an activating group) is 1. The zero-order chi connectivity index (χ0) is 18.8. The Morgan fingerprint density at radius 2 is 1.93 bits per heavy atom. The number of aliphatic imine (C=N–C) groups is 1. The predicted molar refractivity (Wildman–Crippen MR) is 119 cm³/mol. The van der Waals surface area contributed by atoms with E-state index in [9.17, 15) is 4.39 Å². The molecular weight excluding hydrogens is 460 g/mol. The summed E-state index contributed by atoms with van der Waals surface area (Å²) in [6.07, 6.45) is 0. The summed E-state index contributed by atoms with van der Waals surface area (Å²) in [7, 11) is 3.88. The average molecular weight is 493 g/mol. The number of morpholine rings is 1. The Hall–Kier alpha value is -0.970. The Morgan fingerprint density at radius 1 is 1.26 bits per heavy atom. The number of guanidine groups is 1. The van der Waals surface area contributed by atoms with Crippen molar-refractivity contribution in [3.63, 3.8) is 0 Å². The van der Waals surface area contributed by atoms with Crippen LogP contribution < -0.4 is 10.6 Å². The van der Waals surface area contributed by atoms with Crippen LogP contribution in [0.1, 0.15) is 18.5 Å². The summed E-state index contributed by atoms with van der Waals surface area (Å²) in [5.41, 5.74) is 1.10. The van der Waals surface area contributed by atoms with Crippen LogP contribution in [-0.2, 0) is 4.74 Å². The molecule has 0 aliphatic carbocycles. The van der Waals surface area contributed by atoms with Crippen molar-refractivity contribution in [3.05, 3.63) is 35.6 Å². The van der Waals surface area contributed by atoms with Gasteiger partial charge in [-0.15, -0.1) is 24.0 Å². The Bertz CT molecular complexity index is 552. The molecule has 1 aromatic carbocycles. The van der Waals surface area contributed by atoms with Gasteiger partial charge in [-0.2, -0.15) is 0 Å². The lowest BCUT2D eigenvalue weighted by Crippen LogP contribution is -2.47. The highest BCUT2D eigenvalue weighted by Gasteiger charge is 2.23. The first-order chi connectivity index (χ1) is 12.6. The summed E-state index contributed by atoms with van der Waals surface area (Å²) in [5, 5.41) is 6.76. The third-order valence-corrected chi connectivity index (χ3v) is 4.75. The second-order valence-electron chi connectivity index (χ2n) is 6.49. The third-order valence-electron chi connectivity index (χ3n) is 4.75. The van der Waals surface area contributed by atoms with Crippen LogP contribution in [0.25, 0.3) is 0 Å². The molecule has 1 atom stereocenters. The largest absolute Gasteiger partial charge is 0.379 e. The average Bonchev–Trinajstić information content (AvgIpc) is 2.68. The van der Waals surface area contributed by atoms with Crippen LogP contribution in [0.2, 0.25) is 0 Å². The molecule has 2 rings (SSSR count). The molecule has 1 fully saturated rings. The molecule has 0 radical (unpaired) electrons. The number of hydrogen-bond donors (Lipinski definition) is 2. The molecule has 2 N–H and O–H groups in total. The van der Waals surface area contributed by atoms with Crippen molar-refractivity contribution in [1.29, 1.82) is 0 Å². The van der Waals surface area contributed by atoms with Gasteiger partial charge in [0.15, 0.2) is 5.96 Å². The third kappa shape index (κ3) is 8.28. The van der Waals surface area contributed by atoms with Gasteiger partial charge in [-0.25, -0.2) is 4.39 Å². The molecule has 8 heteroatoms. The maximum atomic E-state index is 13.3. The zero-order valence-corrected chi connectivity index (χ0v) is 18.9. The summed E-state index contributed by atoms with van der Waals surface area (Å²) >= 11 is 0. The van der Waals surface area contributed by atoms with Gasteiger partial charge in [-0.1, -0.05) is 19.1 Å². The highest BCUT2D eigenvalue weighted by molar-refractivity contribution is 14.0. The monoisotopic (exact) mass is 493 g/mol. The first-order valence-corrected chi connectivity index (χ1v) is 9.34. The second-order valence-corrected chi connectivity index (χ2v) is 6.49. The van der Waals surface area contributed by atoms with E-state index in [2.05, 4.69) is 39.4 Å². The molecule has 0 spiro atoms. The van der Waals surface area contributed by atoms with Crippen LogP contribution in [-0.4, -0.2) is 82.3 Å². The predicted octanol–water partition coefficient (Wildman–Crippen LogP) is 1.93. The fourth-order valence-corrected chi connectivity index (χ4v) is 2.97. The molecule has 1 saturated heterocycles. The molecule has 27 heavy (non-hydrogen) atoms. The van der Waals surface area contributed by atoms with Gasteiger partial charge in [-0.05, 0) is 31.3 Å². The van der Waals surface area contributed by atoms with Crippen molar-refractivity contribution in [2.45, 2.75) is 13.0 Å². The van der Waals surface area contributed by atoms with E-state index in [1.807, 2.05) is 12.1 Å². The molecule has 0 saturated carbocycles. The number of nitrogens with zero attached hydrogens (tertiary/aromatic N) is 3. The topological polar surface area (TPSA) is 52.1 Å². The van der Waals surface area contributed by atoms with Gasteiger partial charge in [0.1, 0.15) is 5.82 Å². The molecule has 6 nitrogen and oxygen atoms in total. The molecule has 1 heterocycles. The van der Waals surface area contributed by atoms with E-state index in [4.69, 9.17) is 4.74 Å². The number of nitrogens with one attached hydrogen (secondary N) is 2. The number of benzene rings is 1. The summed E-state index contributed by atoms with van der Waals surface area (Å²) in [6, 6.07) is 6.93. The minimum absolute atomic E-state index is 0. The van der Waals surface area contributed by atoms with E-state index < -0.39 is 0 Å². The lowest BCUT2D eigenvalue weighted by Gasteiger charge is -2.35. The van der Waals surface area contributed by atoms with Crippen LogP contribution in [0.3, 0.4) is 0 Å². The first-order valence-electron chi connectivity index (χ1n) is 9.34. The van der Waals surface area contributed by atoms with E-state index in [1.54, 1.807) is 7.05 Å². The van der Waals surface area contributed by atoms with Crippen LogP contribution in [0.4, 0.5) is 4.39 Å². The van der Waals surface area contributed by atoms with E-state index in [-0.39, 0.29) is 35.8 Å². The Morgan fingerprint density at radius 3 is 2.52 bits per heavy atom. The van der Waals surface area contributed by atoms with Gasteiger partial charge in [0.25, 0.3) is 0 Å². The van der Waals surface area contributed by atoms with E-state index in [1.165, 1.54) is 12.1 Å². The molecule has 0 aromatic heterocycles. The highest BCUT2D eigenvalue weighted by Crippen LogP contribution is 2.21. The van der Waals surface area contributed by atoms with Crippen LogP contribution in [0, 0.1) is 5.82 Å². The lowest BCUT2D eigenvalue weighted by atomic mass is 10.0. The molecule has 154 valence electrons. The lowest BCUT2D eigenvalue weighted by molar-refractivity contribution is 0.0170. The normalized spacial score (nSPS) is 16.7. The van der Waals surface area contributed by atoms with E-state index in [0.717, 1.165) is 57.5 Å². The summed E-state index contributed by atoms with van der Waals surface area (Å²) in [6.45, 7) is 8.87. The number of hydrogen-bond acceptors (Lipinski definition) is 4. The Kier molecular flexibility index (Phi) is 11.8. The standard InChI is InChI=1S/C19H32FN5O.HI/c1-4-24(3)10-9-22-19(21-2)23-15-18(25-11-13-26-14-12-25)16-5-7-17(20)8-6-16;/h5-8,18H,4,9-15H2,1-3H3,(H2,21,22,23);1H. The quantitative estimate of drug-likeness (QED) is 0.330. The maximum Gasteiger partial charge on any atom is 0.191 e. The smallest absolute Gasteiger partial charge is 0.191 e. The molecule has 1 aliphatic rings. The second kappa shape index (κ2) is 13.2. The zero-order valence-electron chi connectivity index (χ0n) is 16.6. The van der Waals surface area contributed by atoms with Gasteiger partial charge in [0.2, 0.25) is 0 Å². The van der Waals surface area contributed by atoms with Crippen molar-refractivity contribution in [1.82, 2.24) is 20.4 Å². The van der Waals surface area contributed by atoms with Crippen LogP contribution in [0.15, 0.2) is 29.3 Å². The summed E-state index contributed by atoms with van der Waals surface area (Å²) in [5.74, 6) is 0.579. The summed E-state index contributed by atoms with van der Waals surface area (Å²) in [4.78, 5) is 8.93. The van der Waals surface area contributed by atoms with Gasteiger partial charge in [-0.3, -0.25) is 9.89 Å². The van der Waals surface area contributed by atoms with Crippen molar-refractivity contribution in [2.24, 2.45) is 4.99 Å². The molecule has 1 unspecified atom stereocenters. The Balaban J connectivity index is 0.00000364. The van der Waals surface area contributed by atoms with Gasteiger partial charge in [0, 0.05) is 39.8 Å². The van der Waals surface area contributed by atoms with Gasteiger partial charge in [0.05, 0.1) is 19.3 Å². The van der Waals surface area contributed by atoms with Gasteiger partial charge < -0.3 is 20.3 Å². The van der Waals surface area contributed by atoms with Crippen molar-refractivity contribution in [2.75, 3.05) is 66.6 Å². The molecule has 1 aliphatic heterocycles. The van der Waals surface area contributed by atoms with Crippen molar-refractivity contribution >= 4 is 29.9 Å².